The van der Waals surface area contributed by atoms with Crippen LogP contribution in [-0.4, -0.2) is 37.2 Å². The minimum atomic E-state index is 0.0247. The van der Waals surface area contributed by atoms with Crippen molar-refractivity contribution in [2.75, 3.05) is 13.1 Å². The van der Waals surface area contributed by atoms with E-state index in [1.165, 1.54) is 19.3 Å². The lowest BCUT2D eigenvalue weighted by Crippen LogP contribution is -2.45. The van der Waals surface area contributed by atoms with Crippen molar-refractivity contribution in [2.24, 2.45) is 5.92 Å². The lowest BCUT2D eigenvalue weighted by molar-refractivity contribution is -0.122. The molecule has 0 radical (unpaired) electrons. The SMILES string of the molecule is O=C1NCCCCC1NCC1CC2CCC1O2. The van der Waals surface area contributed by atoms with Crippen molar-refractivity contribution >= 4 is 5.91 Å². The molecule has 17 heavy (non-hydrogen) atoms. The fraction of sp³-hybridized carbons (Fsp3) is 0.923. The van der Waals surface area contributed by atoms with Gasteiger partial charge in [-0.3, -0.25) is 4.79 Å². The van der Waals surface area contributed by atoms with Crippen LogP contribution in [0.5, 0.6) is 0 Å². The highest BCUT2D eigenvalue weighted by atomic mass is 16.5. The van der Waals surface area contributed by atoms with Gasteiger partial charge in [0.05, 0.1) is 18.2 Å². The van der Waals surface area contributed by atoms with E-state index >= 15 is 0 Å². The second kappa shape index (κ2) is 4.94. The summed E-state index contributed by atoms with van der Waals surface area (Å²) < 4.78 is 5.84. The van der Waals surface area contributed by atoms with E-state index in [0.29, 0.717) is 18.1 Å². The van der Waals surface area contributed by atoms with E-state index in [1.54, 1.807) is 0 Å². The molecule has 0 aliphatic carbocycles. The maximum Gasteiger partial charge on any atom is 0.237 e. The molecule has 3 fully saturated rings. The summed E-state index contributed by atoms with van der Waals surface area (Å²) in [4.78, 5) is 11.8. The summed E-state index contributed by atoms with van der Waals surface area (Å²) in [6.07, 6.45) is 7.85. The normalized spacial score (nSPS) is 41.3. The van der Waals surface area contributed by atoms with E-state index in [9.17, 15) is 4.79 Å². The molecule has 96 valence electrons. The van der Waals surface area contributed by atoms with Gasteiger partial charge in [-0.05, 0) is 38.5 Å². The highest BCUT2D eigenvalue weighted by molar-refractivity contribution is 5.81. The Bertz CT molecular complexity index is 295. The predicted octanol–water partition coefficient (Wildman–Crippen LogP) is 0.812. The molecule has 0 saturated carbocycles. The predicted molar refractivity (Wildman–Crippen MR) is 64.7 cm³/mol. The van der Waals surface area contributed by atoms with Gasteiger partial charge in [0.15, 0.2) is 0 Å². The summed E-state index contributed by atoms with van der Waals surface area (Å²) in [5, 5.41) is 6.42. The number of rotatable bonds is 3. The number of nitrogens with one attached hydrogen (secondary N) is 2. The Balaban J connectivity index is 1.48. The number of carbonyl (C=O) groups excluding carboxylic acids is 1. The van der Waals surface area contributed by atoms with Gasteiger partial charge < -0.3 is 15.4 Å². The molecule has 0 aromatic carbocycles. The van der Waals surface area contributed by atoms with Gasteiger partial charge in [0, 0.05) is 19.0 Å². The number of ether oxygens (including phenoxy) is 1. The number of hydrogen-bond donors (Lipinski definition) is 2. The Morgan fingerprint density at radius 1 is 1.29 bits per heavy atom. The summed E-state index contributed by atoms with van der Waals surface area (Å²) in [6.45, 7) is 1.79. The molecule has 4 heteroatoms. The molecule has 3 rings (SSSR count). The van der Waals surface area contributed by atoms with E-state index in [2.05, 4.69) is 10.6 Å². The Kier molecular flexibility index (Phi) is 3.34. The standard InChI is InChI=1S/C13H22N2O2/c16-13-11(3-1-2-6-14-13)15-8-9-7-10-4-5-12(9)17-10/h9-12,15H,1-8H2,(H,14,16). The third-order valence-electron chi connectivity index (χ3n) is 4.39. The highest BCUT2D eigenvalue weighted by Gasteiger charge is 2.40. The maximum absolute atomic E-state index is 11.8. The fourth-order valence-electron chi connectivity index (χ4n) is 3.39. The van der Waals surface area contributed by atoms with Gasteiger partial charge in [-0.2, -0.15) is 0 Å². The Hall–Kier alpha value is -0.610. The monoisotopic (exact) mass is 238 g/mol. The Labute approximate surface area is 102 Å². The van der Waals surface area contributed by atoms with Crippen LogP contribution in [0.15, 0.2) is 0 Å². The van der Waals surface area contributed by atoms with E-state index in [1.807, 2.05) is 0 Å². The molecule has 3 heterocycles. The van der Waals surface area contributed by atoms with E-state index in [4.69, 9.17) is 4.74 Å². The largest absolute Gasteiger partial charge is 0.375 e. The van der Waals surface area contributed by atoms with Crippen molar-refractivity contribution in [1.82, 2.24) is 10.6 Å². The molecule has 4 atom stereocenters. The summed E-state index contributed by atoms with van der Waals surface area (Å²) >= 11 is 0. The van der Waals surface area contributed by atoms with Crippen molar-refractivity contribution in [2.45, 2.75) is 56.8 Å². The lowest BCUT2D eigenvalue weighted by Gasteiger charge is -2.22. The van der Waals surface area contributed by atoms with Gasteiger partial charge in [0.1, 0.15) is 0 Å². The number of amides is 1. The van der Waals surface area contributed by atoms with Crippen molar-refractivity contribution in [3.05, 3.63) is 0 Å². The number of fused-ring (bicyclic) bond motifs is 2. The zero-order chi connectivity index (χ0) is 11.7. The summed E-state index contributed by atoms with van der Waals surface area (Å²) in [5.41, 5.74) is 0. The van der Waals surface area contributed by atoms with E-state index in [-0.39, 0.29) is 11.9 Å². The number of carbonyl (C=O) groups is 1. The molecule has 3 saturated heterocycles. The maximum atomic E-state index is 11.8. The van der Waals surface area contributed by atoms with Gasteiger partial charge in [-0.15, -0.1) is 0 Å². The summed E-state index contributed by atoms with van der Waals surface area (Å²) in [6, 6.07) is 0.0247. The first-order chi connectivity index (χ1) is 8.33. The van der Waals surface area contributed by atoms with Crippen LogP contribution in [0.25, 0.3) is 0 Å². The third kappa shape index (κ3) is 2.47. The minimum Gasteiger partial charge on any atom is -0.375 e. The van der Waals surface area contributed by atoms with Crippen LogP contribution in [0.2, 0.25) is 0 Å². The topological polar surface area (TPSA) is 50.4 Å². The molecule has 0 spiro atoms. The van der Waals surface area contributed by atoms with Gasteiger partial charge in [0.2, 0.25) is 5.91 Å². The first-order valence-electron chi connectivity index (χ1n) is 6.99. The Morgan fingerprint density at radius 2 is 2.24 bits per heavy atom. The first kappa shape index (κ1) is 11.5. The van der Waals surface area contributed by atoms with E-state index < -0.39 is 0 Å². The molecule has 0 aromatic heterocycles. The van der Waals surface area contributed by atoms with Crippen LogP contribution >= 0.6 is 0 Å². The van der Waals surface area contributed by atoms with Crippen molar-refractivity contribution in [1.29, 1.82) is 0 Å². The van der Waals surface area contributed by atoms with E-state index in [0.717, 1.165) is 32.4 Å². The highest BCUT2D eigenvalue weighted by Crippen LogP contribution is 2.38. The molecule has 0 aromatic rings. The molecular weight excluding hydrogens is 216 g/mol. The summed E-state index contributed by atoms with van der Waals surface area (Å²) in [5.74, 6) is 0.816. The van der Waals surface area contributed by atoms with Gasteiger partial charge >= 0.3 is 0 Å². The van der Waals surface area contributed by atoms with Crippen molar-refractivity contribution in [3.8, 4) is 0 Å². The molecule has 4 nitrogen and oxygen atoms in total. The Morgan fingerprint density at radius 3 is 3.00 bits per heavy atom. The second-order valence-electron chi connectivity index (χ2n) is 5.62. The van der Waals surface area contributed by atoms with Crippen molar-refractivity contribution < 1.29 is 9.53 Å². The third-order valence-corrected chi connectivity index (χ3v) is 4.39. The molecular formula is C13H22N2O2. The molecule has 3 aliphatic rings. The van der Waals surface area contributed by atoms with Crippen LogP contribution in [0.4, 0.5) is 0 Å². The van der Waals surface area contributed by atoms with Crippen LogP contribution in [0.1, 0.15) is 38.5 Å². The average molecular weight is 238 g/mol. The van der Waals surface area contributed by atoms with Gasteiger partial charge in [-0.1, -0.05) is 0 Å². The van der Waals surface area contributed by atoms with Crippen LogP contribution in [-0.2, 0) is 9.53 Å². The molecule has 2 N–H and O–H groups in total. The minimum absolute atomic E-state index is 0.0247. The van der Waals surface area contributed by atoms with Gasteiger partial charge in [0.25, 0.3) is 0 Å². The molecule has 1 amide bonds. The van der Waals surface area contributed by atoms with Crippen LogP contribution in [0, 0.1) is 5.92 Å². The fourth-order valence-corrected chi connectivity index (χ4v) is 3.39. The quantitative estimate of drug-likeness (QED) is 0.765. The molecule has 2 bridgehead atoms. The molecule has 4 unspecified atom stereocenters. The van der Waals surface area contributed by atoms with Crippen LogP contribution < -0.4 is 10.6 Å². The van der Waals surface area contributed by atoms with Gasteiger partial charge in [-0.25, -0.2) is 0 Å². The summed E-state index contributed by atoms with van der Waals surface area (Å²) in [7, 11) is 0. The van der Waals surface area contributed by atoms with Crippen LogP contribution in [0.3, 0.4) is 0 Å². The average Bonchev–Trinajstić information content (AvgIpc) is 2.88. The lowest BCUT2D eigenvalue weighted by atomic mass is 9.89. The second-order valence-corrected chi connectivity index (χ2v) is 5.62. The zero-order valence-electron chi connectivity index (χ0n) is 10.3. The number of hydrogen-bond acceptors (Lipinski definition) is 3. The smallest absolute Gasteiger partial charge is 0.237 e. The van der Waals surface area contributed by atoms with Crippen molar-refractivity contribution in [3.63, 3.8) is 0 Å². The zero-order valence-corrected chi connectivity index (χ0v) is 10.3. The molecule has 3 aliphatic heterocycles. The first-order valence-corrected chi connectivity index (χ1v) is 6.99.